The van der Waals surface area contributed by atoms with Crippen LogP contribution in [0.3, 0.4) is 0 Å². The number of benzene rings is 2. The summed E-state index contributed by atoms with van der Waals surface area (Å²) in [5.41, 5.74) is 9.70. The van der Waals surface area contributed by atoms with Gasteiger partial charge in [-0.15, -0.1) is 0 Å². The van der Waals surface area contributed by atoms with Crippen LogP contribution in [-0.4, -0.2) is 23.8 Å². The number of rotatable bonds is 6. The Balaban J connectivity index is 1.65. The van der Waals surface area contributed by atoms with Crippen molar-refractivity contribution in [3.05, 3.63) is 64.7 Å². The number of anilines is 1. The zero-order chi connectivity index (χ0) is 21.0. The van der Waals surface area contributed by atoms with E-state index in [0.717, 1.165) is 24.9 Å². The van der Waals surface area contributed by atoms with Crippen molar-refractivity contribution < 1.29 is 14.3 Å². The number of nitrogens with one attached hydrogen (secondary N) is 2. The highest BCUT2D eigenvalue weighted by molar-refractivity contribution is 6.05. The van der Waals surface area contributed by atoms with Crippen molar-refractivity contribution in [3.63, 3.8) is 0 Å². The van der Waals surface area contributed by atoms with Gasteiger partial charge in [0.2, 0.25) is 0 Å². The summed E-state index contributed by atoms with van der Waals surface area (Å²) in [6, 6.07) is 12.6. The summed E-state index contributed by atoms with van der Waals surface area (Å²) in [7, 11) is 0. The predicted octanol–water partition coefficient (Wildman–Crippen LogP) is 3.67. The van der Waals surface area contributed by atoms with Crippen LogP contribution in [0.15, 0.2) is 42.5 Å². The Hall–Kier alpha value is -3.15. The largest absolute Gasteiger partial charge is 0.463 e. The number of amides is 1. The number of aryl methyl sites for hydroxylation is 1. The van der Waals surface area contributed by atoms with Gasteiger partial charge in [0.15, 0.2) is 0 Å². The average Bonchev–Trinajstić information content (AvgIpc) is 2.67. The number of carbonyl (C=O) groups excluding carboxylic acids is 2. The van der Waals surface area contributed by atoms with Crippen LogP contribution >= 0.6 is 0 Å². The van der Waals surface area contributed by atoms with Crippen LogP contribution in [0.4, 0.5) is 5.69 Å². The van der Waals surface area contributed by atoms with Crippen LogP contribution in [0.5, 0.6) is 0 Å². The molecule has 152 valence electrons. The molecule has 2 aromatic rings. The quantitative estimate of drug-likeness (QED) is 0.395. The van der Waals surface area contributed by atoms with Crippen molar-refractivity contribution >= 4 is 23.4 Å². The Labute approximate surface area is 171 Å². The standard InChI is InChI=1S/C23H27N3O3/c1-14(2)29-21(27)12-15-3-4-16-9-10-20(13-19(16)11-15)26-23(28)18-7-5-17(6-8-18)22(24)25/h5-10,13-15H,3-4,11-12H2,1-2H3,(H3,24,25)(H,26,28). The molecule has 0 heterocycles. The molecule has 1 aliphatic carbocycles. The van der Waals surface area contributed by atoms with E-state index in [0.29, 0.717) is 17.5 Å². The molecule has 0 saturated carbocycles. The summed E-state index contributed by atoms with van der Waals surface area (Å²) < 4.78 is 5.27. The third-order valence-corrected chi connectivity index (χ3v) is 5.08. The molecule has 0 aromatic heterocycles. The molecule has 1 atom stereocenters. The number of ether oxygens (including phenoxy) is 1. The molecule has 4 N–H and O–H groups in total. The van der Waals surface area contributed by atoms with Crippen LogP contribution in [0.25, 0.3) is 0 Å². The lowest BCUT2D eigenvalue weighted by Crippen LogP contribution is -2.21. The molecule has 0 aliphatic heterocycles. The maximum absolute atomic E-state index is 12.5. The highest BCUT2D eigenvalue weighted by Gasteiger charge is 2.22. The van der Waals surface area contributed by atoms with Gasteiger partial charge in [-0.1, -0.05) is 18.2 Å². The fraction of sp³-hybridized carbons (Fsp3) is 0.348. The molecule has 0 spiro atoms. The summed E-state index contributed by atoms with van der Waals surface area (Å²) >= 11 is 0. The van der Waals surface area contributed by atoms with Crippen LogP contribution in [0, 0.1) is 11.3 Å². The minimum Gasteiger partial charge on any atom is -0.463 e. The first-order chi connectivity index (χ1) is 13.8. The van der Waals surface area contributed by atoms with E-state index < -0.39 is 0 Å². The Morgan fingerprint density at radius 3 is 2.48 bits per heavy atom. The second-order valence-corrected chi connectivity index (χ2v) is 7.78. The number of carbonyl (C=O) groups is 2. The Morgan fingerprint density at radius 2 is 1.83 bits per heavy atom. The molecule has 0 radical (unpaired) electrons. The van der Waals surface area contributed by atoms with E-state index in [1.54, 1.807) is 24.3 Å². The first-order valence-electron chi connectivity index (χ1n) is 9.89. The SMILES string of the molecule is CC(C)OC(=O)CC1CCc2ccc(NC(=O)c3ccc(C(=N)N)cc3)cc2C1. The molecule has 29 heavy (non-hydrogen) atoms. The molecule has 6 nitrogen and oxygen atoms in total. The van der Waals surface area contributed by atoms with Gasteiger partial charge in [0.25, 0.3) is 5.91 Å². The van der Waals surface area contributed by atoms with Gasteiger partial charge < -0.3 is 15.8 Å². The second-order valence-electron chi connectivity index (χ2n) is 7.78. The summed E-state index contributed by atoms with van der Waals surface area (Å²) in [5.74, 6) is -0.128. The van der Waals surface area contributed by atoms with E-state index in [1.165, 1.54) is 11.1 Å². The van der Waals surface area contributed by atoms with Crippen LogP contribution < -0.4 is 11.1 Å². The summed E-state index contributed by atoms with van der Waals surface area (Å²) in [5, 5.41) is 10.3. The second kappa shape index (κ2) is 8.90. The van der Waals surface area contributed by atoms with Crippen LogP contribution in [-0.2, 0) is 22.4 Å². The van der Waals surface area contributed by atoms with Gasteiger partial charge in [-0.2, -0.15) is 0 Å². The number of hydrogen-bond acceptors (Lipinski definition) is 4. The zero-order valence-corrected chi connectivity index (χ0v) is 16.8. The van der Waals surface area contributed by atoms with Gasteiger partial charge in [0.05, 0.1) is 6.10 Å². The van der Waals surface area contributed by atoms with Crippen molar-refractivity contribution in [1.82, 2.24) is 0 Å². The molecule has 1 unspecified atom stereocenters. The minimum atomic E-state index is -0.215. The summed E-state index contributed by atoms with van der Waals surface area (Å²) in [4.78, 5) is 24.5. The van der Waals surface area contributed by atoms with Gasteiger partial charge >= 0.3 is 5.97 Å². The maximum Gasteiger partial charge on any atom is 0.306 e. The third kappa shape index (κ3) is 5.44. The van der Waals surface area contributed by atoms with Gasteiger partial charge in [0.1, 0.15) is 5.84 Å². The Bertz CT molecular complexity index is 919. The van der Waals surface area contributed by atoms with Crippen molar-refractivity contribution in [2.75, 3.05) is 5.32 Å². The monoisotopic (exact) mass is 393 g/mol. The molecular weight excluding hydrogens is 366 g/mol. The van der Waals surface area contributed by atoms with Gasteiger partial charge in [-0.05, 0) is 74.4 Å². The Kier molecular flexibility index (Phi) is 6.32. The highest BCUT2D eigenvalue weighted by Crippen LogP contribution is 2.30. The predicted molar refractivity (Wildman–Crippen MR) is 113 cm³/mol. The molecule has 0 bridgehead atoms. The molecular formula is C23H27N3O3. The van der Waals surface area contributed by atoms with E-state index in [4.69, 9.17) is 15.9 Å². The first kappa shape index (κ1) is 20.6. The number of nitrogen functional groups attached to an aromatic ring is 1. The molecule has 1 amide bonds. The zero-order valence-electron chi connectivity index (χ0n) is 16.8. The van der Waals surface area contributed by atoms with Gasteiger partial charge in [-0.3, -0.25) is 15.0 Å². The lowest BCUT2D eigenvalue weighted by atomic mass is 9.82. The number of esters is 1. The minimum absolute atomic E-state index is 0.0292. The van der Waals surface area contributed by atoms with Crippen LogP contribution in [0.2, 0.25) is 0 Å². The lowest BCUT2D eigenvalue weighted by molar-refractivity contribution is -0.148. The number of nitrogens with two attached hydrogens (primary N) is 1. The molecule has 0 fully saturated rings. The first-order valence-corrected chi connectivity index (χ1v) is 9.89. The smallest absolute Gasteiger partial charge is 0.306 e. The van der Waals surface area contributed by atoms with E-state index in [9.17, 15) is 9.59 Å². The fourth-order valence-electron chi connectivity index (χ4n) is 3.64. The number of fused-ring (bicyclic) bond motifs is 1. The van der Waals surface area contributed by atoms with Gasteiger partial charge in [0, 0.05) is 23.2 Å². The van der Waals surface area contributed by atoms with Crippen molar-refractivity contribution in [1.29, 1.82) is 5.41 Å². The van der Waals surface area contributed by atoms with Crippen LogP contribution in [0.1, 0.15) is 53.7 Å². The third-order valence-electron chi connectivity index (χ3n) is 5.08. The normalized spacial score (nSPS) is 15.5. The van der Waals surface area contributed by atoms with E-state index in [-0.39, 0.29) is 29.7 Å². The van der Waals surface area contributed by atoms with E-state index >= 15 is 0 Å². The van der Waals surface area contributed by atoms with Gasteiger partial charge in [-0.25, -0.2) is 0 Å². The number of amidine groups is 1. The lowest BCUT2D eigenvalue weighted by Gasteiger charge is -2.25. The van der Waals surface area contributed by atoms with E-state index in [1.807, 2.05) is 32.0 Å². The highest BCUT2D eigenvalue weighted by atomic mass is 16.5. The molecule has 2 aromatic carbocycles. The molecule has 3 rings (SSSR count). The van der Waals surface area contributed by atoms with E-state index in [2.05, 4.69) is 5.32 Å². The molecule has 1 aliphatic rings. The van der Waals surface area contributed by atoms with Crippen molar-refractivity contribution in [3.8, 4) is 0 Å². The van der Waals surface area contributed by atoms with Crippen molar-refractivity contribution in [2.45, 2.75) is 45.6 Å². The molecule has 6 heteroatoms. The topological polar surface area (TPSA) is 105 Å². The maximum atomic E-state index is 12.5. The molecule has 0 saturated heterocycles. The Morgan fingerprint density at radius 1 is 1.14 bits per heavy atom. The summed E-state index contributed by atoms with van der Waals surface area (Å²) in [6.45, 7) is 3.72. The summed E-state index contributed by atoms with van der Waals surface area (Å²) in [6.07, 6.45) is 3.03. The van der Waals surface area contributed by atoms with Crippen molar-refractivity contribution in [2.24, 2.45) is 11.7 Å². The number of hydrogen-bond donors (Lipinski definition) is 3. The fourth-order valence-corrected chi connectivity index (χ4v) is 3.64. The average molecular weight is 393 g/mol.